The standard InChI is InChI=1S/C13H22N2O4/c1-12(2,3)19-11(17)15-13(10(16)9-14)5-4-7-18-8-6-13/h10,16H,4-8H2,1-3H3,(H,15,17). The zero-order chi connectivity index (χ0) is 14.5. The number of nitrogens with zero attached hydrogens (tertiary/aromatic N) is 1. The maximum absolute atomic E-state index is 11.9. The summed E-state index contributed by atoms with van der Waals surface area (Å²) in [5, 5.41) is 21.5. The summed E-state index contributed by atoms with van der Waals surface area (Å²) in [6.45, 7) is 6.24. The smallest absolute Gasteiger partial charge is 0.408 e. The van der Waals surface area contributed by atoms with E-state index < -0.39 is 23.3 Å². The number of ether oxygens (including phenoxy) is 2. The fourth-order valence-electron chi connectivity index (χ4n) is 2.07. The zero-order valence-electron chi connectivity index (χ0n) is 11.7. The predicted molar refractivity (Wildman–Crippen MR) is 68.4 cm³/mol. The van der Waals surface area contributed by atoms with Crippen LogP contribution in [-0.2, 0) is 9.47 Å². The van der Waals surface area contributed by atoms with Crippen LogP contribution in [0.2, 0.25) is 0 Å². The molecule has 1 amide bonds. The molecule has 2 atom stereocenters. The van der Waals surface area contributed by atoms with Gasteiger partial charge in [0.1, 0.15) is 5.60 Å². The van der Waals surface area contributed by atoms with E-state index >= 15 is 0 Å². The number of hydrogen-bond acceptors (Lipinski definition) is 5. The van der Waals surface area contributed by atoms with Gasteiger partial charge in [-0.15, -0.1) is 0 Å². The highest BCUT2D eigenvalue weighted by atomic mass is 16.6. The monoisotopic (exact) mass is 270 g/mol. The van der Waals surface area contributed by atoms with Crippen molar-refractivity contribution in [3.05, 3.63) is 0 Å². The second kappa shape index (κ2) is 6.22. The first-order valence-electron chi connectivity index (χ1n) is 6.46. The van der Waals surface area contributed by atoms with Crippen molar-refractivity contribution in [2.45, 2.75) is 57.3 Å². The molecule has 108 valence electrons. The van der Waals surface area contributed by atoms with Crippen LogP contribution < -0.4 is 5.32 Å². The summed E-state index contributed by atoms with van der Waals surface area (Å²) < 4.78 is 10.5. The van der Waals surface area contributed by atoms with E-state index in [1.807, 2.05) is 0 Å². The normalized spacial score (nSPS) is 25.8. The van der Waals surface area contributed by atoms with E-state index in [0.29, 0.717) is 32.5 Å². The average Bonchev–Trinajstić information content (AvgIpc) is 2.52. The Balaban J connectivity index is 2.80. The van der Waals surface area contributed by atoms with E-state index in [9.17, 15) is 9.90 Å². The third-order valence-electron chi connectivity index (χ3n) is 3.00. The number of amides is 1. The van der Waals surface area contributed by atoms with Crippen molar-refractivity contribution in [1.29, 1.82) is 5.26 Å². The molecule has 0 spiro atoms. The van der Waals surface area contributed by atoms with E-state index in [-0.39, 0.29) is 0 Å². The Morgan fingerprint density at radius 3 is 2.74 bits per heavy atom. The SMILES string of the molecule is CC(C)(C)OC(=O)NC1(C(O)C#N)CCCOCC1. The molecular formula is C13H22N2O4. The third-order valence-corrected chi connectivity index (χ3v) is 3.00. The van der Waals surface area contributed by atoms with Crippen LogP contribution in [0.3, 0.4) is 0 Å². The Bertz CT molecular complexity index is 349. The largest absolute Gasteiger partial charge is 0.444 e. The number of hydrogen-bond donors (Lipinski definition) is 2. The van der Waals surface area contributed by atoms with Gasteiger partial charge in [0, 0.05) is 13.2 Å². The van der Waals surface area contributed by atoms with Crippen LogP contribution in [0, 0.1) is 11.3 Å². The molecule has 2 unspecified atom stereocenters. The molecule has 0 radical (unpaired) electrons. The summed E-state index contributed by atoms with van der Waals surface area (Å²) in [7, 11) is 0. The van der Waals surface area contributed by atoms with E-state index in [1.165, 1.54) is 0 Å². The molecule has 6 nitrogen and oxygen atoms in total. The van der Waals surface area contributed by atoms with E-state index in [2.05, 4.69) is 5.32 Å². The molecule has 0 bridgehead atoms. The topological polar surface area (TPSA) is 91.6 Å². The minimum absolute atomic E-state index is 0.390. The Kier molecular flexibility index (Phi) is 5.15. The number of carbonyl (C=O) groups is 1. The van der Waals surface area contributed by atoms with E-state index in [4.69, 9.17) is 14.7 Å². The van der Waals surface area contributed by atoms with Crippen molar-refractivity contribution >= 4 is 6.09 Å². The number of aliphatic hydroxyl groups is 1. The highest BCUT2D eigenvalue weighted by Crippen LogP contribution is 2.26. The highest BCUT2D eigenvalue weighted by molar-refractivity contribution is 5.69. The first-order valence-corrected chi connectivity index (χ1v) is 6.46. The van der Waals surface area contributed by atoms with Crippen molar-refractivity contribution in [3.8, 4) is 6.07 Å². The van der Waals surface area contributed by atoms with Crippen LogP contribution in [0.15, 0.2) is 0 Å². The van der Waals surface area contributed by atoms with Gasteiger partial charge in [-0.3, -0.25) is 0 Å². The number of carbonyl (C=O) groups excluding carboxylic acids is 1. The molecular weight excluding hydrogens is 248 g/mol. The lowest BCUT2D eigenvalue weighted by molar-refractivity contribution is 0.0273. The van der Waals surface area contributed by atoms with Gasteiger partial charge in [0.25, 0.3) is 0 Å². The molecule has 0 aromatic carbocycles. The fraction of sp³-hybridized carbons (Fsp3) is 0.846. The summed E-state index contributed by atoms with van der Waals surface area (Å²) >= 11 is 0. The van der Waals surface area contributed by atoms with Crippen molar-refractivity contribution < 1.29 is 19.4 Å². The molecule has 0 aromatic heterocycles. The summed E-state index contributed by atoms with van der Waals surface area (Å²) in [4.78, 5) is 11.9. The highest BCUT2D eigenvalue weighted by Gasteiger charge is 2.41. The number of nitriles is 1. The maximum atomic E-state index is 11.9. The lowest BCUT2D eigenvalue weighted by Crippen LogP contribution is -2.57. The van der Waals surface area contributed by atoms with Gasteiger partial charge in [-0.25, -0.2) is 4.79 Å². The predicted octanol–water partition coefficient (Wildman–Crippen LogP) is 1.33. The molecule has 0 aliphatic carbocycles. The second-order valence-corrected chi connectivity index (χ2v) is 5.78. The molecule has 1 heterocycles. The molecule has 1 aliphatic heterocycles. The second-order valence-electron chi connectivity index (χ2n) is 5.78. The van der Waals surface area contributed by atoms with Crippen LogP contribution in [0.25, 0.3) is 0 Å². The van der Waals surface area contributed by atoms with Gasteiger partial charge < -0.3 is 19.9 Å². The molecule has 0 saturated carbocycles. The number of alkyl carbamates (subject to hydrolysis) is 1. The van der Waals surface area contributed by atoms with Gasteiger partial charge in [0.15, 0.2) is 6.10 Å². The van der Waals surface area contributed by atoms with Crippen molar-refractivity contribution in [2.75, 3.05) is 13.2 Å². The van der Waals surface area contributed by atoms with Gasteiger partial charge in [0.2, 0.25) is 0 Å². The molecule has 1 aliphatic rings. The van der Waals surface area contributed by atoms with Crippen LogP contribution in [0.1, 0.15) is 40.0 Å². The van der Waals surface area contributed by atoms with Gasteiger partial charge >= 0.3 is 6.09 Å². The zero-order valence-corrected chi connectivity index (χ0v) is 11.7. The number of nitrogens with one attached hydrogen (secondary N) is 1. The van der Waals surface area contributed by atoms with Crippen LogP contribution in [0.5, 0.6) is 0 Å². The quantitative estimate of drug-likeness (QED) is 0.739. The van der Waals surface area contributed by atoms with Gasteiger partial charge in [-0.2, -0.15) is 5.26 Å². The minimum atomic E-state index is -1.28. The van der Waals surface area contributed by atoms with Gasteiger partial charge in [-0.1, -0.05) is 0 Å². The molecule has 1 saturated heterocycles. The molecule has 1 rings (SSSR count). The number of aliphatic hydroxyl groups excluding tert-OH is 1. The molecule has 2 N–H and O–H groups in total. The summed E-state index contributed by atoms with van der Waals surface area (Å²) in [5.74, 6) is 0. The van der Waals surface area contributed by atoms with Crippen molar-refractivity contribution in [3.63, 3.8) is 0 Å². The minimum Gasteiger partial charge on any atom is -0.444 e. The Hall–Kier alpha value is -1.32. The van der Waals surface area contributed by atoms with Gasteiger partial charge in [-0.05, 0) is 40.0 Å². The summed E-state index contributed by atoms with van der Waals surface area (Å²) in [6.07, 6.45) is -0.346. The third kappa shape index (κ3) is 4.69. The fourth-order valence-corrected chi connectivity index (χ4v) is 2.07. The summed E-state index contributed by atoms with van der Waals surface area (Å²) in [5.41, 5.74) is -1.61. The Morgan fingerprint density at radius 1 is 1.47 bits per heavy atom. The average molecular weight is 270 g/mol. The Morgan fingerprint density at radius 2 is 2.16 bits per heavy atom. The molecule has 6 heteroatoms. The van der Waals surface area contributed by atoms with Crippen molar-refractivity contribution in [1.82, 2.24) is 5.32 Å². The van der Waals surface area contributed by atoms with Crippen molar-refractivity contribution in [2.24, 2.45) is 0 Å². The van der Waals surface area contributed by atoms with Crippen LogP contribution in [0.4, 0.5) is 4.79 Å². The first-order chi connectivity index (χ1) is 8.79. The van der Waals surface area contributed by atoms with E-state index in [0.717, 1.165) is 0 Å². The van der Waals surface area contributed by atoms with Crippen LogP contribution in [-0.4, -0.2) is 41.7 Å². The summed E-state index contributed by atoms with van der Waals surface area (Å²) in [6, 6.07) is 1.80. The lowest BCUT2D eigenvalue weighted by Gasteiger charge is -2.35. The van der Waals surface area contributed by atoms with E-state index in [1.54, 1.807) is 26.8 Å². The molecule has 1 fully saturated rings. The first kappa shape index (κ1) is 15.7. The maximum Gasteiger partial charge on any atom is 0.408 e. The number of rotatable bonds is 2. The molecule has 0 aromatic rings. The molecule has 19 heavy (non-hydrogen) atoms. The lowest BCUT2D eigenvalue weighted by atomic mass is 9.85. The van der Waals surface area contributed by atoms with Crippen LogP contribution >= 0.6 is 0 Å². The van der Waals surface area contributed by atoms with Gasteiger partial charge in [0.05, 0.1) is 11.6 Å². The Labute approximate surface area is 113 Å².